The molecule has 0 saturated carbocycles. The van der Waals surface area contributed by atoms with Gasteiger partial charge in [0, 0.05) is 11.5 Å². The Morgan fingerprint density at radius 3 is 2.89 bits per heavy atom. The number of benzene rings is 1. The van der Waals surface area contributed by atoms with E-state index in [-0.39, 0.29) is 5.69 Å². The Morgan fingerprint density at radius 1 is 1.44 bits per heavy atom. The molecular weight excluding hydrogens is 254 g/mol. The SMILES string of the molecule is CCOc1cc(C(=O)OC)nc2c(Cl)cccc12. The maximum atomic E-state index is 11.5. The van der Waals surface area contributed by atoms with Crippen LogP contribution in [-0.2, 0) is 4.74 Å². The molecule has 0 fully saturated rings. The number of methoxy groups -OCH3 is 1. The van der Waals surface area contributed by atoms with Crippen LogP contribution in [0.15, 0.2) is 24.3 Å². The molecule has 0 spiro atoms. The monoisotopic (exact) mass is 265 g/mol. The zero-order chi connectivity index (χ0) is 13.1. The first-order chi connectivity index (χ1) is 8.67. The second kappa shape index (κ2) is 5.23. The number of aromatic nitrogens is 1. The fourth-order valence-corrected chi connectivity index (χ4v) is 1.88. The lowest BCUT2D eigenvalue weighted by Gasteiger charge is -2.09. The van der Waals surface area contributed by atoms with E-state index in [2.05, 4.69) is 9.72 Å². The standard InChI is InChI=1S/C13H12ClNO3/c1-3-18-11-7-10(13(16)17-2)15-12-8(11)5-4-6-9(12)14/h4-7H,3H2,1-2H3. The van der Waals surface area contributed by atoms with Crippen molar-refractivity contribution in [2.75, 3.05) is 13.7 Å². The molecule has 0 aliphatic heterocycles. The third-order valence-corrected chi connectivity index (χ3v) is 2.75. The van der Waals surface area contributed by atoms with Crippen molar-refractivity contribution in [3.8, 4) is 5.75 Å². The fourth-order valence-electron chi connectivity index (χ4n) is 1.67. The second-order valence-corrected chi connectivity index (χ2v) is 3.97. The molecule has 94 valence electrons. The number of carbonyl (C=O) groups is 1. The molecule has 0 radical (unpaired) electrons. The number of para-hydroxylation sites is 1. The van der Waals surface area contributed by atoms with E-state index in [4.69, 9.17) is 16.3 Å². The first kappa shape index (κ1) is 12.6. The molecule has 1 aromatic heterocycles. The van der Waals surface area contributed by atoms with Crippen LogP contribution >= 0.6 is 11.6 Å². The van der Waals surface area contributed by atoms with E-state index >= 15 is 0 Å². The molecule has 0 N–H and O–H groups in total. The van der Waals surface area contributed by atoms with Gasteiger partial charge in [0.2, 0.25) is 0 Å². The Labute approximate surface area is 109 Å². The summed E-state index contributed by atoms with van der Waals surface area (Å²) in [5, 5.41) is 1.25. The normalized spacial score (nSPS) is 10.4. The summed E-state index contributed by atoms with van der Waals surface area (Å²) in [5.74, 6) is 0.0585. The van der Waals surface area contributed by atoms with E-state index in [1.165, 1.54) is 7.11 Å². The third-order valence-electron chi connectivity index (χ3n) is 2.45. The molecular formula is C13H12ClNO3. The molecule has 4 nitrogen and oxygen atoms in total. The Bertz CT molecular complexity index is 598. The van der Waals surface area contributed by atoms with Gasteiger partial charge in [0.05, 0.1) is 24.3 Å². The molecule has 0 amide bonds. The molecule has 0 bridgehead atoms. The van der Waals surface area contributed by atoms with Crippen LogP contribution in [0.1, 0.15) is 17.4 Å². The highest BCUT2D eigenvalue weighted by atomic mass is 35.5. The van der Waals surface area contributed by atoms with E-state index in [0.29, 0.717) is 22.9 Å². The first-order valence-electron chi connectivity index (χ1n) is 5.47. The Balaban J connectivity index is 2.70. The minimum atomic E-state index is -0.516. The fraction of sp³-hybridized carbons (Fsp3) is 0.231. The summed E-state index contributed by atoms with van der Waals surface area (Å²) < 4.78 is 10.2. The maximum Gasteiger partial charge on any atom is 0.356 e. The Morgan fingerprint density at radius 2 is 2.22 bits per heavy atom. The maximum absolute atomic E-state index is 11.5. The summed E-state index contributed by atoms with van der Waals surface area (Å²) in [7, 11) is 1.31. The molecule has 0 saturated heterocycles. The van der Waals surface area contributed by atoms with Gasteiger partial charge in [-0.25, -0.2) is 9.78 Å². The van der Waals surface area contributed by atoms with Crippen molar-refractivity contribution in [1.82, 2.24) is 4.98 Å². The smallest absolute Gasteiger partial charge is 0.356 e. The van der Waals surface area contributed by atoms with Crippen LogP contribution < -0.4 is 4.74 Å². The van der Waals surface area contributed by atoms with Gasteiger partial charge in [0.25, 0.3) is 0 Å². The molecule has 0 unspecified atom stereocenters. The zero-order valence-corrected chi connectivity index (χ0v) is 10.8. The van der Waals surface area contributed by atoms with Crippen molar-refractivity contribution >= 4 is 28.5 Å². The van der Waals surface area contributed by atoms with Crippen LogP contribution in [0, 0.1) is 0 Å². The number of pyridine rings is 1. The zero-order valence-electron chi connectivity index (χ0n) is 10.1. The summed E-state index contributed by atoms with van der Waals surface area (Å²) in [6.07, 6.45) is 0. The first-order valence-corrected chi connectivity index (χ1v) is 5.85. The lowest BCUT2D eigenvalue weighted by molar-refractivity contribution is 0.0594. The van der Waals surface area contributed by atoms with Gasteiger partial charge in [-0.2, -0.15) is 0 Å². The summed E-state index contributed by atoms with van der Waals surface area (Å²) in [4.78, 5) is 15.7. The van der Waals surface area contributed by atoms with E-state index in [1.54, 1.807) is 12.1 Å². The highest BCUT2D eigenvalue weighted by Crippen LogP contribution is 2.30. The topological polar surface area (TPSA) is 48.4 Å². The molecule has 2 aromatic rings. The van der Waals surface area contributed by atoms with Crippen LogP contribution in [0.4, 0.5) is 0 Å². The van der Waals surface area contributed by atoms with Gasteiger partial charge < -0.3 is 9.47 Å². The minimum Gasteiger partial charge on any atom is -0.493 e. The molecule has 2 rings (SSSR count). The molecule has 5 heteroatoms. The van der Waals surface area contributed by atoms with Crippen molar-refractivity contribution < 1.29 is 14.3 Å². The number of halogens is 1. The Hall–Kier alpha value is -1.81. The van der Waals surface area contributed by atoms with E-state index < -0.39 is 5.97 Å². The van der Waals surface area contributed by atoms with Crippen molar-refractivity contribution in [2.45, 2.75) is 6.92 Å². The number of carbonyl (C=O) groups excluding carboxylic acids is 1. The number of ether oxygens (including phenoxy) is 2. The van der Waals surface area contributed by atoms with Gasteiger partial charge >= 0.3 is 5.97 Å². The van der Waals surface area contributed by atoms with Gasteiger partial charge in [-0.15, -0.1) is 0 Å². The van der Waals surface area contributed by atoms with Gasteiger partial charge in [-0.3, -0.25) is 0 Å². The quantitative estimate of drug-likeness (QED) is 0.800. The van der Waals surface area contributed by atoms with Gasteiger partial charge in [0.15, 0.2) is 5.69 Å². The number of nitrogens with zero attached hydrogens (tertiary/aromatic N) is 1. The molecule has 0 atom stereocenters. The number of esters is 1. The lowest BCUT2D eigenvalue weighted by Crippen LogP contribution is -2.06. The van der Waals surface area contributed by atoms with Crippen molar-refractivity contribution in [2.24, 2.45) is 0 Å². The highest BCUT2D eigenvalue weighted by molar-refractivity contribution is 6.35. The summed E-state index contributed by atoms with van der Waals surface area (Å²) in [5.41, 5.74) is 0.715. The van der Waals surface area contributed by atoms with Crippen LogP contribution in [0.3, 0.4) is 0 Å². The molecule has 1 aromatic carbocycles. The number of fused-ring (bicyclic) bond motifs is 1. The molecule has 18 heavy (non-hydrogen) atoms. The van der Waals surface area contributed by atoms with Crippen LogP contribution in [0.2, 0.25) is 5.02 Å². The predicted molar refractivity (Wildman–Crippen MR) is 69.3 cm³/mol. The largest absolute Gasteiger partial charge is 0.493 e. The average Bonchev–Trinajstić information content (AvgIpc) is 2.39. The number of rotatable bonds is 3. The van der Waals surface area contributed by atoms with Gasteiger partial charge in [-0.05, 0) is 19.1 Å². The molecule has 0 aliphatic rings. The summed E-state index contributed by atoms with van der Waals surface area (Å²) in [6, 6.07) is 6.94. The number of hydrogen-bond donors (Lipinski definition) is 0. The van der Waals surface area contributed by atoms with E-state index in [1.807, 2.05) is 19.1 Å². The van der Waals surface area contributed by atoms with Crippen LogP contribution in [0.5, 0.6) is 5.75 Å². The van der Waals surface area contributed by atoms with Crippen molar-refractivity contribution in [3.05, 3.63) is 35.0 Å². The third kappa shape index (κ3) is 2.24. The van der Waals surface area contributed by atoms with Gasteiger partial charge in [0.1, 0.15) is 5.75 Å². The minimum absolute atomic E-state index is 0.182. The highest BCUT2D eigenvalue weighted by Gasteiger charge is 2.14. The van der Waals surface area contributed by atoms with Crippen LogP contribution in [-0.4, -0.2) is 24.7 Å². The number of hydrogen-bond acceptors (Lipinski definition) is 4. The molecule has 1 heterocycles. The van der Waals surface area contributed by atoms with Crippen molar-refractivity contribution in [3.63, 3.8) is 0 Å². The predicted octanol–water partition coefficient (Wildman–Crippen LogP) is 3.07. The average molecular weight is 266 g/mol. The van der Waals surface area contributed by atoms with Crippen LogP contribution in [0.25, 0.3) is 10.9 Å². The lowest BCUT2D eigenvalue weighted by atomic mass is 10.2. The Kier molecular flexibility index (Phi) is 3.67. The molecule has 0 aliphatic carbocycles. The van der Waals surface area contributed by atoms with Crippen molar-refractivity contribution in [1.29, 1.82) is 0 Å². The van der Waals surface area contributed by atoms with E-state index in [9.17, 15) is 4.79 Å². The summed E-state index contributed by atoms with van der Waals surface area (Å²) in [6.45, 7) is 2.36. The second-order valence-electron chi connectivity index (χ2n) is 3.57. The van der Waals surface area contributed by atoms with E-state index in [0.717, 1.165) is 5.39 Å². The summed E-state index contributed by atoms with van der Waals surface area (Å²) >= 11 is 6.08. The van der Waals surface area contributed by atoms with Gasteiger partial charge in [-0.1, -0.05) is 17.7 Å².